The zero-order valence-corrected chi connectivity index (χ0v) is 10.3. The van der Waals surface area contributed by atoms with Crippen molar-refractivity contribution in [1.82, 2.24) is 5.32 Å². The van der Waals surface area contributed by atoms with E-state index in [-0.39, 0.29) is 0 Å². The van der Waals surface area contributed by atoms with Crippen LogP contribution in [0.3, 0.4) is 0 Å². The number of hydrogen-bond donors (Lipinski definition) is 1. The van der Waals surface area contributed by atoms with Crippen molar-refractivity contribution >= 4 is 0 Å². The van der Waals surface area contributed by atoms with Crippen molar-refractivity contribution in [3.8, 4) is 5.75 Å². The van der Waals surface area contributed by atoms with Crippen LogP contribution in [0.4, 0.5) is 0 Å². The summed E-state index contributed by atoms with van der Waals surface area (Å²) in [6, 6.07) is 10.3. The number of nitrogens with one attached hydrogen (secondary N) is 1. The Morgan fingerprint density at radius 1 is 1.17 bits per heavy atom. The average Bonchev–Trinajstić information content (AvgIpc) is 2.92. The van der Waals surface area contributed by atoms with Gasteiger partial charge in [-0.05, 0) is 42.2 Å². The highest BCUT2D eigenvalue weighted by atomic mass is 16.5. The molecule has 0 unspecified atom stereocenters. The monoisotopic (exact) mass is 243 g/mol. The van der Waals surface area contributed by atoms with E-state index >= 15 is 0 Å². The van der Waals surface area contributed by atoms with E-state index in [2.05, 4.69) is 23.5 Å². The Balaban J connectivity index is 1.59. The third kappa shape index (κ3) is 2.57. The van der Waals surface area contributed by atoms with Crippen molar-refractivity contribution in [3.05, 3.63) is 53.5 Å². The number of benzene rings is 1. The van der Waals surface area contributed by atoms with Crippen LogP contribution in [0, 0.1) is 0 Å². The summed E-state index contributed by atoms with van der Waals surface area (Å²) >= 11 is 0. The lowest BCUT2D eigenvalue weighted by Gasteiger charge is -2.17. The molecule has 1 N–H and O–H groups in total. The van der Waals surface area contributed by atoms with Crippen LogP contribution < -0.4 is 10.1 Å². The summed E-state index contributed by atoms with van der Waals surface area (Å²) in [5, 5.41) is 3.38. The van der Waals surface area contributed by atoms with Crippen LogP contribution in [0.25, 0.3) is 0 Å². The molecule has 2 heterocycles. The van der Waals surface area contributed by atoms with E-state index in [0.717, 1.165) is 44.0 Å². The standard InChI is InChI=1S/C15H17NO2/c1-3-13-9-12(5-6-15(13)18-8-1)10-16-11-14-4-2-7-17-14/h2,4-7,9,16H,1,3,8,10-11H2. The fourth-order valence-corrected chi connectivity index (χ4v) is 2.27. The third-order valence-corrected chi connectivity index (χ3v) is 3.18. The SMILES string of the molecule is c1coc(CNCc2ccc3c(c2)CCCO3)c1. The van der Waals surface area contributed by atoms with Crippen molar-refractivity contribution in [2.24, 2.45) is 0 Å². The minimum Gasteiger partial charge on any atom is -0.493 e. The van der Waals surface area contributed by atoms with Gasteiger partial charge in [-0.25, -0.2) is 0 Å². The molecule has 3 nitrogen and oxygen atoms in total. The van der Waals surface area contributed by atoms with Crippen LogP contribution in [-0.4, -0.2) is 6.61 Å². The fourth-order valence-electron chi connectivity index (χ4n) is 2.27. The number of ether oxygens (including phenoxy) is 1. The molecule has 0 saturated carbocycles. The molecule has 1 aliphatic heterocycles. The molecule has 0 bridgehead atoms. The number of rotatable bonds is 4. The zero-order valence-electron chi connectivity index (χ0n) is 10.3. The molecule has 0 saturated heterocycles. The highest BCUT2D eigenvalue weighted by molar-refractivity contribution is 5.38. The van der Waals surface area contributed by atoms with Crippen molar-refractivity contribution in [2.75, 3.05) is 6.61 Å². The summed E-state index contributed by atoms with van der Waals surface area (Å²) in [4.78, 5) is 0. The van der Waals surface area contributed by atoms with Crippen LogP contribution in [0.15, 0.2) is 41.0 Å². The summed E-state index contributed by atoms with van der Waals surface area (Å²) in [5.74, 6) is 2.02. The molecular formula is C15H17NO2. The second-order valence-electron chi connectivity index (χ2n) is 4.58. The molecule has 1 aromatic heterocycles. The van der Waals surface area contributed by atoms with Gasteiger partial charge in [0.2, 0.25) is 0 Å². The Morgan fingerprint density at radius 2 is 2.17 bits per heavy atom. The molecule has 0 radical (unpaired) electrons. The molecule has 3 rings (SSSR count). The highest BCUT2D eigenvalue weighted by Gasteiger charge is 2.10. The van der Waals surface area contributed by atoms with Gasteiger partial charge < -0.3 is 14.5 Å². The molecule has 1 aliphatic rings. The van der Waals surface area contributed by atoms with Gasteiger partial charge in [0, 0.05) is 6.54 Å². The van der Waals surface area contributed by atoms with E-state index < -0.39 is 0 Å². The van der Waals surface area contributed by atoms with Crippen LogP contribution in [-0.2, 0) is 19.5 Å². The van der Waals surface area contributed by atoms with Gasteiger partial charge in [-0.1, -0.05) is 12.1 Å². The Kier molecular flexibility index (Phi) is 3.33. The van der Waals surface area contributed by atoms with Gasteiger partial charge in [-0.15, -0.1) is 0 Å². The molecular weight excluding hydrogens is 226 g/mol. The van der Waals surface area contributed by atoms with Crippen LogP contribution in [0.1, 0.15) is 23.3 Å². The first-order valence-corrected chi connectivity index (χ1v) is 6.39. The minimum absolute atomic E-state index is 0.764. The van der Waals surface area contributed by atoms with Gasteiger partial charge in [0.15, 0.2) is 0 Å². The maximum atomic E-state index is 5.61. The smallest absolute Gasteiger partial charge is 0.122 e. The van der Waals surface area contributed by atoms with Gasteiger partial charge in [-0.3, -0.25) is 0 Å². The van der Waals surface area contributed by atoms with Crippen molar-refractivity contribution in [2.45, 2.75) is 25.9 Å². The lowest BCUT2D eigenvalue weighted by atomic mass is 10.0. The predicted molar refractivity (Wildman–Crippen MR) is 69.5 cm³/mol. The molecule has 2 aromatic rings. The van der Waals surface area contributed by atoms with Crippen molar-refractivity contribution in [1.29, 1.82) is 0 Å². The molecule has 1 aromatic carbocycles. The summed E-state index contributed by atoms with van der Waals surface area (Å²) in [7, 11) is 0. The molecule has 0 fully saturated rings. The van der Waals surface area contributed by atoms with Gasteiger partial charge >= 0.3 is 0 Å². The largest absolute Gasteiger partial charge is 0.493 e. The predicted octanol–water partition coefficient (Wildman–Crippen LogP) is 2.89. The summed E-state index contributed by atoms with van der Waals surface area (Å²) in [5.41, 5.74) is 2.63. The number of hydrogen-bond acceptors (Lipinski definition) is 3. The molecule has 94 valence electrons. The average molecular weight is 243 g/mol. The summed E-state index contributed by atoms with van der Waals surface area (Å²) in [6.07, 6.45) is 3.95. The Bertz CT molecular complexity index is 505. The van der Waals surface area contributed by atoms with E-state index in [9.17, 15) is 0 Å². The maximum Gasteiger partial charge on any atom is 0.122 e. The second-order valence-corrected chi connectivity index (χ2v) is 4.58. The Labute approximate surface area is 107 Å². The van der Waals surface area contributed by atoms with Gasteiger partial charge in [0.1, 0.15) is 11.5 Å². The van der Waals surface area contributed by atoms with Crippen LogP contribution in [0.5, 0.6) is 5.75 Å². The second kappa shape index (κ2) is 5.27. The molecule has 0 aliphatic carbocycles. The first-order chi connectivity index (χ1) is 8.92. The number of aryl methyl sites for hydroxylation is 1. The minimum atomic E-state index is 0.764. The molecule has 3 heteroatoms. The summed E-state index contributed by atoms with van der Waals surface area (Å²) in [6.45, 7) is 2.47. The molecule has 18 heavy (non-hydrogen) atoms. The van der Waals surface area contributed by atoms with Gasteiger partial charge in [0.05, 0.1) is 19.4 Å². The highest BCUT2D eigenvalue weighted by Crippen LogP contribution is 2.25. The first kappa shape index (κ1) is 11.4. The fraction of sp³-hybridized carbons (Fsp3) is 0.333. The Morgan fingerprint density at radius 3 is 3.06 bits per heavy atom. The van der Waals surface area contributed by atoms with Gasteiger partial charge in [0.25, 0.3) is 0 Å². The topological polar surface area (TPSA) is 34.4 Å². The number of fused-ring (bicyclic) bond motifs is 1. The van der Waals surface area contributed by atoms with E-state index in [4.69, 9.17) is 9.15 Å². The van der Waals surface area contributed by atoms with E-state index in [1.165, 1.54) is 11.1 Å². The molecule has 0 spiro atoms. The zero-order chi connectivity index (χ0) is 12.2. The molecule has 0 amide bonds. The van der Waals surface area contributed by atoms with E-state index in [1.807, 2.05) is 12.1 Å². The summed E-state index contributed by atoms with van der Waals surface area (Å²) < 4.78 is 10.9. The first-order valence-electron chi connectivity index (χ1n) is 6.39. The third-order valence-electron chi connectivity index (χ3n) is 3.18. The Hall–Kier alpha value is -1.74. The quantitative estimate of drug-likeness (QED) is 0.896. The lowest BCUT2D eigenvalue weighted by molar-refractivity contribution is 0.288. The normalized spacial score (nSPS) is 14.0. The van der Waals surface area contributed by atoms with Crippen molar-refractivity contribution in [3.63, 3.8) is 0 Å². The van der Waals surface area contributed by atoms with E-state index in [0.29, 0.717) is 0 Å². The van der Waals surface area contributed by atoms with Crippen LogP contribution >= 0.6 is 0 Å². The number of furan rings is 1. The maximum absolute atomic E-state index is 5.61. The van der Waals surface area contributed by atoms with E-state index in [1.54, 1.807) is 6.26 Å². The van der Waals surface area contributed by atoms with Crippen LogP contribution in [0.2, 0.25) is 0 Å². The van der Waals surface area contributed by atoms with Crippen molar-refractivity contribution < 1.29 is 9.15 Å². The lowest BCUT2D eigenvalue weighted by Crippen LogP contribution is -2.13. The van der Waals surface area contributed by atoms with Gasteiger partial charge in [-0.2, -0.15) is 0 Å². The molecule has 0 atom stereocenters.